The molecule has 0 aliphatic rings. The Bertz CT molecular complexity index is 88.6. The molecule has 0 aromatic rings. The molecular formula is C9H21NO2. The van der Waals surface area contributed by atoms with Gasteiger partial charge >= 0.3 is 0 Å². The summed E-state index contributed by atoms with van der Waals surface area (Å²) >= 11 is 0. The maximum atomic E-state index is 8.57. The van der Waals surface area contributed by atoms with Gasteiger partial charge in [0.05, 0.1) is 19.3 Å². The van der Waals surface area contributed by atoms with E-state index in [0.717, 1.165) is 13.0 Å². The lowest BCUT2D eigenvalue weighted by atomic mass is 10.2. The predicted molar refractivity (Wildman–Crippen MR) is 50.0 cm³/mol. The lowest BCUT2D eigenvalue weighted by Gasteiger charge is -2.08. The van der Waals surface area contributed by atoms with E-state index in [1.807, 2.05) is 0 Å². The highest BCUT2D eigenvalue weighted by molar-refractivity contribution is 4.55. The summed E-state index contributed by atoms with van der Waals surface area (Å²) < 4.78 is 5.25. The summed E-state index contributed by atoms with van der Waals surface area (Å²) in [5.74, 6) is 0. The molecule has 3 heteroatoms. The molecule has 1 atom stereocenters. The third-order valence-electron chi connectivity index (χ3n) is 1.71. The second kappa shape index (κ2) is 8.97. The van der Waals surface area contributed by atoms with Crippen LogP contribution in [-0.4, -0.2) is 31.0 Å². The normalized spacial score (nSPS) is 13.2. The van der Waals surface area contributed by atoms with Crippen LogP contribution in [0.1, 0.15) is 32.6 Å². The number of hydrogen-bond acceptors (Lipinski definition) is 3. The zero-order valence-electron chi connectivity index (χ0n) is 7.96. The van der Waals surface area contributed by atoms with Gasteiger partial charge in [-0.25, -0.2) is 0 Å². The Kier molecular flexibility index (Phi) is 8.88. The van der Waals surface area contributed by atoms with E-state index in [4.69, 9.17) is 15.6 Å². The monoisotopic (exact) mass is 175 g/mol. The van der Waals surface area contributed by atoms with E-state index in [0.29, 0.717) is 6.61 Å². The molecule has 0 aliphatic heterocycles. The Labute approximate surface area is 74.9 Å². The van der Waals surface area contributed by atoms with Gasteiger partial charge in [0, 0.05) is 6.61 Å². The molecule has 1 unspecified atom stereocenters. The minimum absolute atomic E-state index is 0.00889. The minimum Gasteiger partial charge on any atom is -0.395 e. The fourth-order valence-electron chi connectivity index (χ4n) is 0.918. The van der Waals surface area contributed by atoms with Crippen LogP contribution in [0.3, 0.4) is 0 Å². The van der Waals surface area contributed by atoms with Gasteiger partial charge in [-0.2, -0.15) is 0 Å². The summed E-state index contributed by atoms with van der Waals surface area (Å²) in [6.45, 7) is 3.44. The molecule has 0 saturated carbocycles. The predicted octanol–water partition coefficient (Wildman–Crippen LogP) is 0.903. The zero-order valence-corrected chi connectivity index (χ0v) is 7.96. The summed E-state index contributed by atoms with van der Waals surface area (Å²) in [4.78, 5) is 0. The fraction of sp³-hybridized carbons (Fsp3) is 1.00. The molecule has 0 aromatic carbocycles. The van der Waals surface area contributed by atoms with Crippen molar-refractivity contribution in [3.05, 3.63) is 0 Å². The zero-order chi connectivity index (χ0) is 9.23. The van der Waals surface area contributed by atoms with E-state index in [2.05, 4.69) is 6.92 Å². The van der Waals surface area contributed by atoms with Gasteiger partial charge in [0.15, 0.2) is 0 Å². The van der Waals surface area contributed by atoms with Gasteiger partial charge in [0.2, 0.25) is 0 Å². The minimum atomic E-state index is -0.212. The van der Waals surface area contributed by atoms with Crippen LogP contribution < -0.4 is 5.73 Å². The van der Waals surface area contributed by atoms with Crippen LogP contribution in [0.5, 0.6) is 0 Å². The van der Waals surface area contributed by atoms with Crippen molar-refractivity contribution in [3.8, 4) is 0 Å². The Hall–Kier alpha value is -0.120. The molecule has 0 saturated heterocycles. The first-order valence-corrected chi connectivity index (χ1v) is 4.75. The van der Waals surface area contributed by atoms with E-state index in [9.17, 15) is 0 Å². The highest BCUT2D eigenvalue weighted by Gasteiger charge is 1.98. The molecular weight excluding hydrogens is 154 g/mol. The van der Waals surface area contributed by atoms with Gasteiger partial charge in [-0.3, -0.25) is 0 Å². The third-order valence-corrected chi connectivity index (χ3v) is 1.71. The maximum absolute atomic E-state index is 8.57. The van der Waals surface area contributed by atoms with Crippen LogP contribution in [0, 0.1) is 0 Å². The molecule has 0 fully saturated rings. The molecule has 3 nitrogen and oxygen atoms in total. The second-order valence-electron chi connectivity index (χ2n) is 3.08. The van der Waals surface area contributed by atoms with E-state index in [1.165, 1.54) is 19.3 Å². The highest BCUT2D eigenvalue weighted by Crippen LogP contribution is 1.98. The topological polar surface area (TPSA) is 55.5 Å². The average molecular weight is 175 g/mol. The second-order valence-corrected chi connectivity index (χ2v) is 3.08. The smallest absolute Gasteiger partial charge is 0.0639 e. The summed E-state index contributed by atoms with van der Waals surface area (Å²) in [6, 6.07) is -0.212. The number of hydrogen-bond donors (Lipinski definition) is 2. The first-order valence-electron chi connectivity index (χ1n) is 4.75. The van der Waals surface area contributed by atoms with E-state index in [1.54, 1.807) is 0 Å². The van der Waals surface area contributed by atoms with E-state index >= 15 is 0 Å². The van der Waals surface area contributed by atoms with Crippen LogP contribution in [0.2, 0.25) is 0 Å². The fourth-order valence-corrected chi connectivity index (χ4v) is 0.918. The molecule has 0 spiro atoms. The first-order chi connectivity index (χ1) is 5.81. The Morgan fingerprint density at radius 2 is 2.08 bits per heavy atom. The molecule has 0 aliphatic carbocycles. The van der Waals surface area contributed by atoms with Crippen molar-refractivity contribution in [2.45, 2.75) is 38.6 Å². The van der Waals surface area contributed by atoms with Crippen LogP contribution in [0.25, 0.3) is 0 Å². The number of rotatable bonds is 8. The highest BCUT2D eigenvalue weighted by atomic mass is 16.5. The molecule has 0 bridgehead atoms. The van der Waals surface area contributed by atoms with Gasteiger partial charge < -0.3 is 15.6 Å². The van der Waals surface area contributed by atoms with Crippen LogP contribution in [0.4, 0.5) is 0 Å². The Morgan fingerprint density at radius 1 is 1.33 bits per heavy atom. The first kappa shape index (κ1) is 11.9. The molecule has 0 rings (SSSR count). The molecule has 3 N–H and O–H groups in total. The van der Waals surface area contributed by atoms with E-state index < -0.39 is 0 Å². The number of ether oxygens (including phenoxy) is 1. The standard InChI is InChI=1S/C9H21NO2/c1-2-3-4-5-6-12-8-9(10)7-11/h9,11H,2-8,10H2,1H3. The van der Waals surface area contributed by atoms with Crippen LogP contribution >= 0.6 is 0 Å². The van der Waals surface area contributed by atoms with Crippen molar-refractivity contribution in [2.75, 3.05) is 19.8 Å². The van der Waals surface area contributed by atoms with Gasteiger partial charge in [0.1, 0.15) is 0 Å². The summed E-state index contributed by atoms with van der Waals surface area (Å²) in [5.41, 5.74) is 5.44. The lowest BCUT2D eigenvalue weighted by molar-refractivity contribution is 0.0981. The third kappa shape index (κ3) is 7.98. The summed E-state index contributed by atoms with van der Waals surface area (Å²) in [5, 5.41) is 8.57. The molecule has 0 aromatic heterocycles. The van der Waals surface area contributed by atoms with Crippen molar-refractivity contribution >= 4 is 0 Å². The number of aliphatic hydroxyl groups excluding tert-OH is 1. The van der Waals surface area contributed by atoms with Gasteiger partial charge in [0.25, 0.3) is 0 Å². The molecule has 12 heavy (non-hydrogen) atoms. The number of nitrogens with two attached hydrogens (primary N) is 1. The largest absolute Gasteiger partial charge is 0.395 e. The van der Waals surface area contributed by atoms with Gasteiger partial charge in [-0.15, -0.1) is 0 Å². The van der Waals surface area contributed by atoms with Crippen molar-refractivity contribution in [1.29, 1.82) is 0 Å². The lowest BCUT2D eigenvalue weighted by Crippen LogP contribution is -2.30. The van der Waals surface area contributed by atoms with E-state index in [-0.39, 0.29) is 12.6 Å². The van der Waals surface area contributed by atoms with Gasteiger partial charge in [-0.1, -0.05) is 26.2 Å². The quantitative estimate of drug-likeness (QED) is 0.539. The van der Waals surface area contributed by atoms with Gasteiger partial charge in [-0.05, 0) is 6.42 Å². The van der Waals surface area contributed by atoms with Crippen molar-refractivity contribution < 1.29 is 9.84 Å². The summed E-state index contributed by atoms with van der Waals surface area (Å²) in [7, 11) is 0. The molecule has 0 radical (unpaired) electrons. The Balaban J connectivity index is 2.90. The molecule has 74 valence electrons. The number of aliphatic hydroxyl groups is 1. The number of unbranched alkanes of at least 4 members (excludes halogenated alkanes) is 3. The van der Waals surface area contributed by atoms with Crippen LogP contribution in [0.15, 0.2) is 0 Å². The van der Waals surface area contributed by atoms with Crippen molar-refractivity contribution in [3.63, 3.8) is 0 Å². The maximum Gasteiger partial charge on any atom is 0.0639 e. The van der Waals surface area contributed by atoms with Crippen molar-refractivity contribution in [2.24, 2.45) is 5.73 Å². The SMILES string of the molecule is CCCCCCOCC(N)CO. The molecule has 0 amide bonds. The summed E-state index contributed by atoms with van der Waals surface area (Å²) in [6.07, 6.45) is 4.85. The Morgan fingerprint density at radius 3 is 2.67 bits per heavy atom. The van der Waals surface area contributed by atoms with Crippen LogP contribution in [-0.2, 0) is 4.74 Å². The van der Waals surface area contributed by atoms with Crippen molar-refractivity contribution in [1.82, 2.24) is 0 Å². The average Bonchev–Trinajstić information content (AvgIpc) is 2.10. The molecule has 0 heterocycles.